The molecule has 6 nitrogen and oxygen atoms in total. The van der Waals surface area contributed by atoms with Crippen molar-refractivity contribution in [2.24, 2.45) is 11.8 Å². The fraction of sp³-hybridized carbons (Fsp3) is 0.640. The Balaban J connectivity index is 1.05. The molecule has 3 aliphatic rings. The standard InChI is InChI=1S/C25H34N4O2/c1-3-21-13-23(28-31-21)25-14-19(25)15-29(16-25)12-10-18-6-8-20(9-7-18)27-24(30)22-5-4-11-26-17(22)2/h4-5,11,13,18-20H,3,6-10,12,14-16H2,1-2H3,(H,27,30)/t18?,19-,20?,25-/m0/s1. The van der Waals surface area contributed by atoms with Gasteiger partial charge in [0.2, 0.25) is 0 Å². The maximum atomic E-state index is 12.5. The van der Waals surface area contributed by atoms with Crippen molar-refractivity contribution in [2.45, 2.75) is 70.3 Å². The third kappa shape index (κ3) is 4.14. The number of amides is 1. The van der Waals surface area contributed by atoms with Gasteiger partial charge in [-0.05, 0) is 76.0 Å². The number of nitrogens with one attached hydrogen (secondary N) is 1. The first-order valence-corrected chi connectivity index (χ1v) is 12.0. The first kappa shape index (κ1) is 20.7. The lowest BCUT2D eigenvalue weighted by molar-refractivity contribution is 0.0919. The topological polar surface area (TPSA) is 71.3 Å². The zero-order valence-corrected chi connectivity index (χ0v) is 18.8. The van der Waals surface area contributed by atoms with Crippen LogP contribution in [0.25, 0.3) is 0 Å². The van der Waals surface area contributed by atoms with Crippen LogP contribution in [0.1, 0.15) is 73.0 Å². The van der Waals surface area contributed by atoms with Crippen molar-refractivity contribution in [1.29, 1.82) is 0 Å². The SMILES string of the molecule is CCc1cc([C@]23C[C@H]2CN(CCC2CCC(NC(=O)c4cccnc4C)CC2)C3)no1. The molecule has 0 bridgehead atoms. The molecule has 0 aromatic carbocycles. The van der Waals surface area contributed by atoms with Crippen LogP contribution in [0.5, 0.6) is 0 Å². The van der Waals surface area contributed by atoms with E-state index >= 15 is 0 Å². The summed E-state index contributed by atoms with van der Waals surface area (Å²) in [7, 11) is 0. The Morgan fingerprint density at radius 3 is 2.90 bits per heavy atom. The zero-order valence-electron chi connectivity index (χ0n) is 18.8. The van der Waals surface area contributed by atoms with E-state index in [1.165, 1.54) is 44.5 Å². The van der Waals surface area contributed by atoms with Gasteiger partial charge >= 0.3 is 0 Å². The minimum Gasteiger partial charge on any atom is -0.361 e. The Morgan fingerprint density at radius 1 is 1.32 bits per heavy atom. The van der Waals surface area contributed by atoms with Crippen LogP contribution in [0.4, 0.5) is 0 Å². The lowest BCUT2D eigenvalue weighted by Crippen LogP contribution is -2.38. The molecule has 2 aromatic heterocycles. The van der Waals surface area contributed by atoms with Gasteiger partial charge in [-0.15, -0.1) is 0 Å². The number of hydrogen-bond acceptors (Lipinski definition) is 5. The highest BCUT2D eigenvalue weighted by molar-refractivity contribution is 5.95. The second kappa shape index (κ2) is 8.38. The Kier molecular flexibility index (Phi) is 5.59. The second-order valence-corrected chi connectivity index (χ2v) is 9.94. The molecule has 5 rings (SSSR count). The Bertz CT molecular complexity index is 933. The van der Waals surface area contributed by atoms with Crippen LogP contribution in [0.15, 0.2) is 28.9 Å². The summed E-state index contributed by atoms with van der Waals surface area (Å²) in [5, 5.41) is 7.62. The average Bonchev–Trinajstić information content (AvgIpc) is 3.14. The molecular formula is C25H34N4O2. The fourth-order valence-electron chi connectivity index (χ4n) is 5.82. The lowest BCUT2D eigenvalue weighted by Gasteiger charge is -2.30. The molecule has 3 heterocycles. The minimum atomic E-state index is 0.0229. The predicted octanol–water partition coefficient (Wildman–Crippen LogP) is 3.89. The fourth-order valence-corrected chi connectivity index (χ4v) is 5.82. The van der Waals surface area contributed by atoms with E-state index in [4.69, 9.17) is 4.52 Å². The highest BCUT2D eigenvalue weighted by Crippen LogP contribution is 2.58. The van der Waals surface area contributed by atoms with Gasteiger partial charge < -0.3 is 14.7 Å². The minimum absolute atomic E-state index is 0.0229. The molecule has 1 N–H and O–H groups in total. The summed E-state index contributed by atoms with van der Waals surface area (Å²) in [5.41, 5.74) is 2.97. The smallest absolute Gasteiger partial charge is 0.253 e. The molecule has 2 atom stereocenters. The van der Waals surface area contributed by atoms with Crippen molar-refractivity contribution in [3.05, 3.63) is 47.1 Å². The molecule has 6 heteroatoms. The highest BCUT2D eigenvalue weighted by Gasteiger charge is 2.62. The van der Waals surface area contributed by atoms with E-state index in [1.54, 1.807) is 6.20 Å². The van der Waals surface area contributed by atoms with Crippen LogP contribution >= 0.6 is 0 Å². The average molecular weight is 423 g/mol. The number of nitrogens with zero attached hydrogens (tertiary/aromatic N) is 3. The number of piperidine rings is 1. The Labute approximate surface area is 184 Å². The summed E-state index contributed by atoms with van der Waals surface area (Å²) in [5.74, 6) is 2.58. The number of carbonyl (C=O) groups excluding carboxylic acids is 1. The number of pyridine rings is 1. The number of fused-ring (bicyclic) bond motifs is 1. The van der Waals surface area contributed by atoms with E-state index < -0.39 is 0 Å². The van der Waals surface area contributed by atoms with E-state index in [9.17, 15) is 4.79 Å². The molecule has 2 saturated carbocycles. The van der Waals surface area contributed by atoms with Gasteiger partial charge in [-0.2, -0.15) is 0 Å². The van der Waals surface area contributed by atoms with Crippen molar-refractivity contribution < 1.29 is 9.32 Å². The van der Waals surface area contributed by atoms with Gasteiger partial charge in [-0.1, -0.05) is 12.1 Å². The molecule has 0 radical (unpaired) electrons. The summed E-state index contributed by atoms with van der Waals surface area (Å²) in [6.07, 6.45) is 9.79. The Hall–Kier alpha value is -2.21. The van der Waals surface area contributed by atoms with Crippen molar-refractivity contribution >= 4 is 5.91 Å². The number of hydrogen-bond donors (Lipinski definition) is 1. The van der Waals surface area contributed by atoms with Gasteiger partial charge in [0.05, 0.1) is 11.3 Å². The van der Waals surface area contributed by atoms with Crippen LogP contribution in [0, 0.1) is 18.8 Å². The van der Waals surface area contributed by atoms with Gasteiger partial charge in [0.1, 0.15) is 5.76 Å². The summed E-state index contributed by atoms with van der Waals surface area (Å²) >= 11 is 0. The van der Waals surface area contributed by atoms with Crippen LogP contribution in [-0.2, 0) is 11.8 Å². The molecule has 3 fully saturated rings. The quantitative estimate of drug-likeness (QED) is 0.733. The van der Waals surface area contributed by atoms with Crippen LogP contribution in [0.2, 0.25) is 0 Å². The van der Waals surface area contributed by atoms with Crippen LogP contribution in [0.3, 0.4) is 0 Å². The third-order valence-corrected chi connectivity index (χ3v) is 7.92. The van der Waals surface area contributed by atoms with Gasteiger partial charge in [-0.25, -0.2) is 0 Å². The molecule has 2 aromatic rings. The van der Waals surface area contributed by atoms with Crippen molar-refractivity contribution in [3.63, 3.8) is 0 Å². The van der Waals surface area contributed by atoms with Gasteiger partial charge in [0.15, 0.2) is 0 Å². The summed E-state index contributed by atoms with van der Waals surface area (Å²) in [6, 6.07) is 6.17. The van der Waals surface area contributed by atoms with E-state index in [0.29, 0.717) is 11.6 Å². The van der Waals surface area contributed by atoms with E-state index in [2.05, 4.69) is 33.3 Å². The third-order valence-electron chi connectivity index (χ3n) is 7.92. The molecule has 0 unspecified atom stereocenters. The summed E-state index contributed by atoms with van der Waals surface area (Å²) in [6.45, 7) is 7.55. The number of aromatic nitrogens is 2. The molecule has 1 aliphatic heterocycles. The van der Waals surface area contributed by atoms with Crippen LogP contribution < -0.4 is 5.32 Å². The van der Waals surface area contributed by atoms with Gasteiger partial charge in [-0.3, -0.25) is 9.78 Å². The van der Waals surface area contributed by atoms with E-state index in [1.807, 2.05) is 19.1 Å². The number of rotatable bonds is 7. The highest BCUT2D eigenvalue weighted by atomic mass is 16.5. The molecule has 0 spiro atoms. The molecule has 31 heavy (non-hydrogen) atoms. The monoisotopic (exact) mass is 422 g/mol. The molecule has 1 amide bonds. The number of likely N-dealkylation sites (tertiary alicyclic amines) is 1. The first-order valence-electron chi connectivity index (χ1n) is 12.0. The normalized spacial score (nSPS) is 30.2. The lowest BCUT2D eigenvalue weighted by atomic mass is 9.84. The Morgan fingerprint density at radius 2 is 2.16 bits per heavy atom. The molecule has 1 saturated heterocycles. The second-order valence-electron chi connectivity index (χ2n) is 9.94. The molecule has 2 aliphatic carbocycles. The van der Waals surface area contributed by atoms with Crippen molar-refractivity contribution in [1.82, 2.24) is 20.4 Å². The number of aryl methyl sites for hydroxylation is 2. The largest absolute Gasteiger partial charge is 0.361 e. The first-order chi connectivity index (χ1) is 15.1. The molecule has 166 valence electrons. The maximum absolute atomic E-state index is 12.5. The summed E-state index contributed by atoms with van der Waals surface area (Å²) < 4.78 is 5.48. The number of carbonyl (C=O) groups is 1. The van der Waals surface area contributed by atoms with E-state index in [-0.39, 0.29) is 11.3 Å². The zero-order chi connectivity index (χ0) is 21.4. The maximum Gasteiger partial charge on any atom is 0.253 e. The molecular weight excluding hydrogens is 388 g/mol. The van der Waals surface area contributed by atoms with Crippen LogP contribution in [-0.4, -0.2) is 46.6 Å². The van der Waals surface area contributed by atoms with Gasteiger partial charge in [0.25, 0.3) is 5.91 Å². The predicted molar refractivity (Wildman–Crippen MR) is 119 cm³/mol. The van der Waals surface area contributed by atoms with Gasteiger partial charge in [0, 0.05) is 48.9 Å². The van der Waals surface area contributed by atoms with Crippen molar-refractivity contribution in [2.75, 3.05) is 19.6 Å². The summed E-state index contributed by atoms with van der Waals surface area (Å²) in [4.78, 5) is 19.4. The van der Waals surface area contributed by atoms with Crippen molar-refractivity contribution in [3.8, 4) is 0 Å². The van der Waals surface area contributed by atoms with E-state index in [0.717, 1.165) is 49.1 Å².